The fourth-order valence-corrected chi connectivity index (χ4v) is 3.98. The molecule has 8 heteroatoms. The SMILES string of the molecule is COc1ccc(CNC(=O)c2cc(C)nc3c2cnn3Cc2cccs2)c(OC)c1. The quantitative estimate of drug-likeness (QED) is 0.490. The normalized spacial score (nSPS) is 10.9. The number of thiophene rings is 1. The van der Waals surface area contributed by atoms with Crippen molar-refractivity contribution in [3.63, 3.8) is 0 Å². The number of nitrogens with zero attached hydrogens (tertiary/aromatic N) is 3. The summed E-state index contributed by atoms with van der Waals surface area (Å²) < 4.78 is 12.5. The first kappa shape index (κ1) is 19.9. The lowest BCUT2D eigenvalue weighted by Crippen LogP contribution is -2.23. The summed E-state index contributed by atoms with van der Waals surface area (Å²) in [5, 5.41) is 10.2. The molecule has 0 aliphatic carbocycles. The smallest absolute Gasteiger partial charge is 0.252 e. The summed E-state index contributed by atoms with van der Waals surface area (Å²) in [5.74, 6) is 1.18. The van der Waals surface area contributed by atoms with Crippen LogP contribution in [0.3, 0.4) is 0 Å². The Morgan fingerprint density at radius 1 is 1.20 bits per heavy atom. The zero-order valence-electron chi connectivity index (χ0n) is 17.0. The van der Waals surface area contributed by atoms with Gasteiger partial charge >= 0.3 is 0 Å². The molecule has 3 heterocycles. The first-order valence-corrected chi connectivity index (χ1v) is 10.3. The number of carbonyl (C=O) groups is 1. The molecule has 1 aromatic carbocycles. The highest BCUT2D eigenvalue weighted by Crippen LogP contribution is 2.25. The topological polar surface area (TPSA) is 78.3 Å². The number of aromatic nitrogens is 3. The van der Waals surface area contributed by atoms with Crippen molar-refractivity contribution >= 4 is 28.3 Å². The Hall–Kier alpha value is -3.39. The van der Waals surface area contributed by atoms with Crippen LogP contribution in [0.15, 0.2) is 48.0 Å². The molecule has 154 valence electrons. The maximum Gasteiger partial charge on any atom is 0.252 e. The number of carbonyl (C=O) groups excluding carboxylic acids is 1. The van der Waals surface area contributed by atoms with E-state index in [1.165, 1.54) is 4.88 Å². The predicted molar refractivity (Wildman–Crippen MR) is 116 cm³/mol. The number of pyridine rings is 1. The molecule has 0 saturated heterocycles. The molecule has 0 spiro atoms. The van der Waals surface area contributed by atoms with Gasteiger partial charge in [-0.25, -0.2) is 9.67 Å². The van der Waals surface area contributed by atoms with Crippen molar-refractivity contribution in [2.75, 3.05) is 14.2 Å². The highest BCUT2D eigenvalue weighted by Gasteiger charge is 2.17. The third-order valence-corrected chi connectivity index (χ3v) is 5.66. The summed E-state index contributed by atoms with van der Waals surface area (Å²) in [6, 6.07) is 11.4. The second-order valence-electron chi connectivity index (χ2n) is 6.79. The molecule has 0 fully saturated rings. The van der Waals surface area contributed by atoms with Crippen LogP contribution in [0.5, 0.6) is 11.5 Å². The fourth-order valence-electron chi connectivity index (χ4n) is 3.30. The van der Waals surface area contributed by atoms with Crippen LogP contribution in [0.1, 0.15) is 26.5 Å². The van der Waals surface area contributed by atoms with Gasteiger partial charge in [-0.05, 0) is 36.6 Å². The van der Waals surface area contributed by atoms with Crippen LogP contribution >= 0.6 is 11.3 Å². The van der Waals surface area contributed by atoms with Crippen LogP contribution in [0, 0.1) is 6.92 Å². The molecule has 30 heavy (non-hydrogen) atoms. The third kappa shape index (κ3) is 3.99. The van der Waals surface area contributed by atoms with Gasteiger partial charge < -0.3 is 14.8 Å². The number of hydrogen-bond acceptors (Lipinski definition) is 6. The molecule has 7 nitrogen and oxygen atoms in total. The molecular formula is C22H22N4O3S. The van der Waals surface area contributed by atoms with Crippen molar-refractivity contribution in [1.29, 1.82) is 0 Å². The summed E-state index contributed by atoms with van der Waals surface area (Å²) in [7, 11) is 3.20. The Balaban J connectivity index is 1.58. The van der Waals surface area contributed by atoms with Crippen LogP contribution in [0.25, 0.3) is 11.0 Å². The van der Waals surface area contributed by atoms with Crippen molar-refractivity contribution in [3.8, 4) is 11.5 Å². The summed E-state index contributed by atoms with van der Waals surface area (Å²) in [6.45, 7) is 2.84. The van der Waals surface area contributed by atoms with Crippen LogP contribution in [0.2, 0.25) is 0 Å². The second kappa shape index (κ2) is 8.54. The Bertz CT molecular complexity index is 1180. The number of amides is 1. The Morgan fingerprint density at radius 3 is 2.80 bits per heavy atom. The molecule has 1 amide bonds. The Labute approximate surface area is 178 Å². The van der Waals surface area contributed by atoms with Crippen molar-refractivity contribution in [3.05, 3.63) is 69.7 Å². The number of fused-ring (bicyclic) bond motifs is 1. The summed E-state index contributed by atoms with van der Waals surface area (Å²) in [5.41, 5.74) is 2.89. The molecule has 0 atom stereocenters. The standard InChI is InChI=1S/C22H22N4O3S/c1-14-9-18(19-12-24-26(21(19)25-14)13-17-5-4-8-30-17)22(27)23-11-15-6-7-16(28-2)10-20(15)29-3/h4-10,12H,11,13H2,1-3H3,(H,23,27). The van der Waals surface area contributed by atoms with Gasteiger partial charge in [-0.15, -0.1) is 11.3 Å². The number of ether oxygens (including phenoxy) is 2. The van der Waals surface area contributed by atoms with Gasteiger partial charge in [0.05, 0.1) is 37.9 Å². The largest absolute Gasteiger partial charge is 0.497 e. The molecule has 4 rings (SSSR count). The minimum absolute atomic E-state index is 0.181. The molecule has 3 aromatic heterocycles. The lowest BCUT2D eigenvalue weighted by atomic mass is 10.1. The van der Waals surface area contributed by atoms with Gasteiger partial charge in [-0.2, -0.15) is 5.10 Å². The average Bonchev–Trinajstić information content (AvgIpc) is 3.42. The number of benzene rings is 1. The molecule has 1 N–H and O–H groups in total. The molecule has 0 saturated carbocycles. The van der Waals surface area contributed by atoms with E-state index in [4.69, 9.17) is 9.47 Å². The molecule has 4 aromatic rings. The molecule has 0 radical (unpaired) electrons. The van der Waals surface area contributed by atoms with E-state index in [9.17, 15) is 4.79 Å². The van der Waals surface area contributed by atoms with Crippen LogP contribution in [0.4, 0.5) is 0 Å². The van der Waals surface area contributed by atoms with Crippen molar-refractivity contribution in [2.24, 2.45) is 0 Å². The third-order valence-electron chi connectivity index (χ3n) is 4.80. The second-order valence-corrected chi connectivity index (χ2v) is 7.82. The van der Waals surface area contributed by atoms with E-state index < -0.39 is 0 Å². The molecular weight excluding hydrogens is 400 g/mol. The van der Waals surface area contributed by atoms with Crippen LogP contribution < -0.4 is 14.8 Å². The lowest BCUT2D eigenvalue weighted by Gasteiger charge is -2.12. The van der Waals surface area contributed by atoms with Gasteiger partial charge in [0.2, 0.25) is 0 Å². The van der Waals surface area contributed by atoms with Crippen LogP contribution in [-0.2, 0) is 13.1 Å². The molecule has 0 aliphatic heterocycles. The highest BCUT2D eigenvalue weighted by atomic mass is 32.1. The van der Waals surface area contributed by atoms with Gasteiger partial charge in [-0.1, -0.05) is 6.07 Å². The van der Waals surface area contributed by atoms with E-state index in [2.05, 4.69) is 21.5 Å². The van der Waals surface area contributed by atoms with Gasteiger partial charge in [0.1, 0.15) is 11.5 Å². The van der Waals surface area contributed by atoms with E-state index >= 15 is 0 Å². The first-order valence-electron chi connectivity index (χ1n) is 9.43. The van der Waals surface area contributed by atoms with E-state index in [-0.39, 0.29) is 5.91 Å². The van der Waals surface area contributed by atoms with Gasteiger partial charge in [0, 0.05) is 28.7 Å². The Morgan fingerprint density at radius 2 is 2.07 bits per heavy atom. The van der Waals surface area contributed by atoms with Gasteiger partial charge in [0.25, 0.3) is 5.91 Å². The highest BCUT2D eigenvalue weighted by molar-refractivity contribution is 7.09. The fraction of sp³-hybridized carbons (Fsp3) is 0.227. The maximum atomic E-state index is 13.0. The number of hydrogen-bond donors (Lipinski definition) is 1. The lowest BCUT2D eigenvalue weighted by molar-refractivity contribution is 0.0952. The zero-order valence-corrected chi connectivity index (χ0v) is 17.8. The van der Waals surface area contributed by atoms with Crippen molar-refractivity contribution in [2.45, 2.75) is 20.0 Å². The minimum Gasteiger partial charge on any atom is -0.497 e. The number of aryl methyl sites for hydroxylation is 1. The predicted octanol–water partition coefficient (Wildman–Crippen LogP) is 3.80. The summed E-state index contributed by atoms with van der Waals surface area (Å²) in [6.07, 6.45) is 1.71. The zero-order chi connectivity index (χ0) is 21.1. The summed E-state index contributed by atoms with van der Waals surface area (Å²) in [4.78, 5) is 18.8. The number of rotatable bonds is 7. The average molecular weight is 423 g/mol. The van der Waals surface area contributed by atoms with Crippen molar-refractivity contribution < 1.29 is 14.3 Å². The Kier molecular flexibility index (Phi) is 5.67. The molecule has 0 bridgehead atoms. The monoisotopic (exact) mass is 422 g/mol. The maximum absolute atomic E-state index is 13.0. The number of methoxy groups -OCH3 is 2. The molecule has 0 unspecified atom stereocenters. The summed E-state index contributed by atoms with van der Waals surface area (Å²) >= 11 is 1.67. The number of nitrogens with one attached hydrogen (secondary N) is 1. The van der Waals surface area contributed by atoms with E-state index in [1.54, 1.807) is 43.9 Å². The van der Waals surface area contributed by atoms with E-state index in [1.807, 2.05) is 35.2 Å². The van der Waals surface area contributed by atoms with Crippen LogP contribution in [-0.4, -0.2) is 34.9 Å². The first-order chi connectivity index (χ1) is 14.6. The van der Waals surface area contributed by atoms with Gasteiger partial charge in [0.15, 0.2) is 5.65 Å². The van der Waals surface area contributed by atoms with Gasteiger partial charge in [-0.3, -0.25) is 4.79 Å². The van der Waals surface area contributed by atoms with E-state index in [0.717, 1.165) is 16.6 Å². The minimum atomic E-state index is -0.181. The van der Waals surface area contributed by atoms with Crippen molar-refractivity contribution in [1.82, 2.24) is 20.1 Å². The molecule has 0 aliphatic rings. The van der Waals surface area contributed by atoms with E-state index in [0.29, 0.717) is 35.8 Å².